The Morgan fingerprint density at radius 3 is 3.24 bits per heavy atom. The lowest BCUT2D eigenvalue weighted by Gasteiger charge is -2.00. The van der Waals surface area contributed by atoms with Crippen LogP contribution in [0.5, 0.6) is 0 Å². The summed E-state index contributed by atoms with van der Waals surface area (Å²) in [6, 6.07) is 2.30. The second-order valence-corrected chi connectivity index (χ2v) is 6.07. The van der Waals surface area contributed by atoms with Gasteiger partial charge in [-0.05, 0) is 41.3 Å². The van der Waals surface area contributed by atoms with E-state index in [1.807, 2.05) is 6.92 Å². The summed E-state index contributed by atoms with van der Waals surface area (Å²) in [5, 5.41) is 11.4. The predicted molar refractivity (Wildman–Crippen MR) is 78.5 cm³/mol. The molecule has 0 saturated heterocycles. The Morgan fingerprint density at radius 1 is 1.52 bits per heavy atom. The van der Waals surface area contributed by atoms with Gasteiger partial charge < -0.3 is 5.32 Å². The first kappa shape index (κ1) is 12.5. The fourth-order valence-corrected chi connectivity index (χ4v) is 3.14. The minimum absolute atomic E-state index is 0.170. The van der Waals surface area contributed by atoms with Crippen molar-refractivity contribution in [1.82, 2.24) is 24.9 Å². The summed E-state index contributed by atoms with van der Waals surface area (Å²) in [6.45, 7) is 1.92. The minimum atomic E-state index is -0.235. The normalized spacial score (nSPS) is 20.6. The van der Waals surface area contributed by atoms with Crippen LogP contribution in [0.2, 0.25) is 0 Å². The average molecular weight is 299 g/mol. The zero-order valence-electron chi connectivity index (χ0n) is 11.4. The third-order valence-electron chi connectivity index (χ3n) is 3.60. The topological polar surface area (TPSA) is 72.2 Å². The SMILES string of the molecule is Cc1cnc2nc(C(=O)N[C@@H]3C[C@H]3c3ccsc3)nn2c1. The van der Waals surface area contributed by atoms with Crippen LogP contribution in [0.3, 0.4) is 0 Å². The Kier molecular flexibility index (Phi) is 2.75. The number of hydrogen-bond acceptors (Lipinski definition) is 5. The van der Waals surface area contributed by atoms with Crippen LogP contribution in [0, 0.1) is 6.92 Å². The van der Waals surface area contributed by atoms with Gasteiger partial charge in [0, 0.05) is 24.4 Å². The molecule has 1 aliphatic rings. The van der Waals surface area contributed by atoms with Crippen molar-refractivity contribution in [2.45, 2.75) is 25.3 Å². The largest absolute Gasteiger partial charge is 0.346 e. The van der Waals surface area contributed by atoms with E-state index >= 15 is 0 Å². The summed E-state index contributed by atoms with van der Waals surface area (Å²) in [7, 11) is 0. The summed E-state index contributed by atoms with van der Waals surface area (Å²) in [6.07, 6.45) is 4.49. The first-order valence-electron chi connectivity index (χ1n) is 6.73. The van der Waals surface area contributed by atoms with Crippen LogP contribution in [0.4, 0.5) is 0 Å². The summed E-state index contributed by atoms with van der Waals surface area (Å²) < 4.78 is 1.54. The number of hydrogen-bond donors (Lipinski definition) is 1. The number of nitrogens with zero attached hydrogens (tertiary/aromatic N) is 4. The number of carbonyl (C=O) groups is 1. The highest BCUT2D eigenvalue weighted by atomic mass is 32.1. The van der Waals surface area contributed by atoms with Crippen LogP contribution in [-0.2, 0) is 0 Å². The predicted octanol–water partition coefficient (Wildman–Crippen LogP) is 1.78. The van der Waals surface area contributed by atoms with E-state index in [1.54, 1.807) is 23.7 Å². The number of fused-ring (bicyclic) bond motifs is 1. The highest BCUT2D eigenvalue weighted by Gasteiger charge is 2.40. The fraction of sp³-hybridized carbons (Fsp3) is 0.286. The first-order valence-corrected chi connectivity index (χ1v) is 7.67. The number of thiophene rings is 1. The molecule has 0 radical (unpaired) electrons. The van der Waals surface area contributed by atoms with E-state index in [9.17, 15) is 4.79 Å². The number of amides is 1. The smallest absolute Gasteiger partial charge is 0.291 e. The first-order chi connectivity index (χ1) is 10.2. The summed E-state index contributed by atoms with van der Waals surface area (Å²) in [5.41, 5.74) is 2.27. The summed E-state index contributed by atoms with van der Waals surface area (Å²) in [4.78, 5) is 20.5. The van der Waals surface area contributed by atoms with E-state index < -0.39 is 0 Å². The molecular formula is C14H13N5OS. The maximum absolute atomic E-state index is 12.2. The molecule has 6 nitrogen and oxygen atoms in total. The third kappa shape index (κ3) is 2.29. The van der Waals surface area contributed by atoms with Crippen molar-refractivity contribution in [2.75, 3.05) is 0 Å². The van der Waals surface area contributed by atoms with Gasteiger partial charge in [-0.1, -0.05) is 0 Å². The van der Waals surface area contributed by atoms with Gasteiger partial charge in [0.1, 0.15) is 0 Å². The zero-order chi connectivity index (χ0) is 14.4. The van der Waals surface area contributed by atoms with Crippen molar-refractivity contribution < 1.29 is 4.79 Å². The molecule has 0 spiro atoms. The third-order valence-corrected chi connectivity index (χ3v) is 4.31. The molecule has 1 amide bonds. The number of nitrogens with one attached hydrogen (secondary N) is 1. The Morgan fingerprint density at radius 2 is 2.43 bits per heavy atom. The highest BCUT2D eigenvalue weighted by molar-refractivity contribution is 7.08. The van der Waals surface area contributed by atoms with Gasteiger partial charge in [0.25, 0.3) is 11.7 Å². The fourth-order valence-electron chi connectivity index (χ4n) is 2.41. The highest BCUT2D eigenvalue weighted by Crippen LogP contribution is 2.41. The Labute approximate surface area is 124 Å². The van der Waals surface area contributed by atoms with Gasteiger partial charge in [-0.25, -0.2) is 9.50 Å². The molecule has 3 aromatic heterocycles. The Bertz CT molecular complexity index is 810. The lowest BCUT2D eigenvalue weighted by molar-refractivity contribution is 0.0940. The number of aryl methyl sites for hydroxylation is 1. The van der Waals surface area contributed by atoms with E-state index in [4.69, 9.17) is 0 Å². The molecule has 1 fully saturated rings. The van der Waals surface area contributed by atoms with Crippen LogP contribution in [-0.4, -0.2) is 31.5 Å². The van der Waals surface area contributed by atoms with Crippen LogP contribution in [0.25, 0.3) is 5.78 Å². The van der Waals surface area contributed by atoms with Gasteiger partial charge in [0.05, 0.1) is 0 Å². The molecule has 3 aromatic rings. The molecule has 0 aliphatic heterocycles. The molecule has 0 aromatic carbocycles. The number of carbonyl (C=O) groups excluding carboxylic acids is 1. The minimum Gasteiger partial charge on any atom is -0.346 e. The van der Waals surface area contributed by atoms with Crippen molar-refractivity contribution in [2.24, 2.45) is 0 Å². The maximum Gasteiger partial charge on any atom is 0.291 e. The summed E-state index contributed by atoms with van der Waals surface area (Å²) >= 11 is 1.68. The van der Waals surface area contributed by atoms with Gasteiger partial charge in [-0.2, -0.15) is 16.3 Å². The number of rotatable bonds is 3. The van der Waals surface area contributed by atoms with Crippen molar-refractivity contribution in [3.8, 4) is 0 Å². The molecular weight excluding hydrogens is 286 g/mol. The Balaban J connectivity index is 1.49. The lowest BCUT2D eigenvalue weighted by atomic mass is 10.2. The van der Waals surface area contributed by atoms with E-state index in [0.29, 0.717) is 11.7 Å². The second kappa shape index (κ2) is 4.63. The molecule has 21 heavy (non-hydrogen) atoms. The summed E-state index contributed by atoms with van der Waals surface area (Å²) in [5.74, 6) is 0.804. The van der Waals surface area contributed by atoms with Gasteiger partial charge in [0.15, 0.2) is 0 Å². The second-order valence-electron chi connectivity index (χ2n) is 5.29. The molecule has 1 aliphatic carbocycles. The maximum atomic E-state index is 12.2. The Hall–Kier alpha value is -2.28. The molecule has 3 heterocycles. The van der Waals surface area contributed by atoms with E-state index in [0.717, 1.165) is 12.0 Å². The van der Waals surface area contributed by atoms with Gasteiger partial charge in [-0.3, -0.25) is 4.79 Å². The molecule has 1 saturated carbocycles. The van der Waals surface area contributed by atoms with Crippen LogP contribution >= 0.6 is 11.3 Å². The van der Waals surface area contributed by atoms with Crippen molar-refractivity contribution >= 4 is 23.0 Å². The van der Waals surface area contributed by atoms with Crippen LogP contribution < -0.4 is 5.32 Å². The van der Waals surface area contributed by atoms with Crippen molar-refractivity contribution in [3.63, 3.8) is 0 Å². The molecule has 0 bridgehead atoms. The average Bonchev–Trinajstić information content (AvgIpc) is 2.93. The number of aromatic nitrogens is 4. The van der Waals surface area contributed by atoms with Gasteiger partial charge in [0.2, 0.25) is 5.82 Å². The van der Waals surface area contributed by atoms with E-state index in [2.05, 4.69) is 37.2 Å². The lowest BCUT2D eigenvalue weighted by Crippen LogP contribution is -2.27. The van der Waals surface area contributed by atoms with Gasteiger partial charge in [-0.15, -0.1) is 5.10 Å². The molecule has 106 valence electrons. The van der Waals surface area contributed by atoms with E-state index in [1.165, 1.54) is 10.1 Å². The molecule has 1 N–H and O–H groups in total. The molecule has 4 rings (SSSR count). The molecule has 2 atom stereocenters. The molecule has 7 heteroatoms. The van der Waals surface area contributed by atoms with Crippen LogP contribution in [0.15, 0.2) is 29.2 Å². The molecule has 0 unspecified atom stereocenters. The standard InChI is InChI=1S/C14H13N5OS/c1-8-5-15-14-17-12(18-19(14)6-8)13(20)16-11-4-10(11)9-2-3-21-7-9/h2-3,5-7,10-11H,4H2,1H3,(H,16,20)/t10-,11+/m0/s1. The van der Waals surface area contributed by atoms with Gasteiger partial charge >= 0.3 is 0 Å². The zero-order valence-corrected chi connectivity index (χ0v) is 12.2. The van der Waals surface area contributed by atoms with Crippen molar-refractivity contribution in [3.05, 3.63) is 46.2 Å². The quantitative estimate of drug-likeness (QED) is 0.800. The van der Waals surface area contributed by atoms with Crippen LogP contribution in [0.1, 0.15) is 34.1 Å². The van der Waals surface area contributed by atoms with Crippen molar-refractivity contribution in [1.29, 1.82) is 0 Å². The van der Waals surface area contributed by atoms with E-state index in [-0.39, 0.29) is 17.8 Å². The monoisotopic (exact) mass is 299 g/mol.